The number of carbonyl (C=O) groups excluding carboxylic acids is 1. The van der Waals surface area contributed by atoms with Gasteiger partial charge in [0.2, 0.25) is 0 Å². The highest BCUT2D eigenvalue weighted by Gasteiger charge is 2.50. The third-order valence-corrected chi connectivity index (χ3v) is 10.0. The summed E-state index contributed by atoms with van der Waals surface area (Å²) in [5, 5.41) is 13.8. The van der Waals surface area contributed by atoms with Crippen molar-refractivity contribution in [2.75, 3.05) is 0 Å². The number of allylic oxidation sites excluding steroid dienone is 4. The van der Waals surface area contributed by atoms with Gasteiger partial charge in [0.25, 0.3) is 0 Å². The SMILES string of the molecule is CC1=CC(C2C(=O)C(c3cc(C)c4cc(C(C)C)ccc(C)c3-4)=C2[O-])C2C(C)CCC(C(C)C)CC12. The van der Waals surface area contributed by atoms with Gasteiger partial charge in [-0.2, -0.15) is 0 Å². The fourth-order valence-corrected chi connectivity index (χ4v) is 7.75. The average molecular weight is 484 g/mol. The Kier molecular flexibility index (Phi) is 6.46. The van der Waals surface area contributed by atoms with Crippen molar-refractivity contribution in [1.82, 2.24) is 0 Å². The Morgan fingerprint density at radius 2 is 1.67 bits per heavy atom. The molecule has 192 valence electrons. The van der Waals surface area contributed by atoms with E-state index in [1.54, 1.807) is 0 Å². The lowest BCUT2D eigenvalue weighted by Gasteiger charge is -2.44. The van der Waals surface area contributed by atoms with Crippen LogP contribution in [0, 0.1) is 55.3 Å². The third-order valence-electron chi connectivity index (χ3n) is 10.0. The van der Waals surface area contributed by atoms with E-state index in [0.717, 1.165) is 28.2 Å². The zero-order chi connectivity index (χ0) is 26.0. The van der Waals surface area contributed by atoms with E-state index >= 15 is 0 Å². The molecule has 0 bridgehead atoms. The van der Waals surface area contributed by atoms with Crippen molar-refractivity contribution in [3.8, 4) is 11.1 Å². The summed E-state index contributed by atoms with van der Waals surface area (Å²) in [6.07, 6.45) is 6.00. The van der Waals surface area contributed by atoms with Crippen LogP contribution in [0.2, 0.25) is 0 Å². The van der Waals surface area contributed by atoms with Crippen LogP contribution in [0.4, 0.5) is 0 Å². The Balaban J connectivity index is 1.53. The molecular formula is C34H43O2-. The molecule has 5 rings (SSSR count). The Morgan fingerprint density at radius 3 is 2.31 bits per heavy atom. The zero-order valence-electron chi connectivity index (χ0n) is 23.4. The first-order chi connectivity index (χ1) is 17.0. The minimum Gasteiger partial charge on any atom is -0.874 e. The highest BCUT2D eigenvalue weighted by molar-refractivity contribution is 6.31. The number of carbonyl (C=O) groups is 1. The number of rotatable bonds is 4. The number of ketones is 1. The first-order valence-corrected chi connectivity index (χ1v) is 14.2. The number of Topliss-reactive ketones (excluding diaryl/α,β-unsaturated/α-hetero) is 1. The van der Waals surface area contributed by atoms with Crippen molar-refractivity contribution in [1.29, 1.82) is 0 Å². The summed E-state index contributed by atoms with van der Waals surface area (Å²) in [5.41, 5.74) is 8.53. The maximum absolute atomic E-state index is 13.8. The van der Waals surface area contributed by atoms with E-state index in [9.17, 15) is 9.90 Å². The van der Waals surface area contributed by atoms with Crippen LogP contribution in [0.1, 0.15) is 89.0 Å². The third kappa shape index (κ3) is 3.87. The van der Waals surface area contributed by atoms with Gasteiger partial charge in [0.15, 0.2) is 5.78 Å². The van der Waals surface area contributed by atoms with Gasteiger partial charge in [-0.05, 0) is 108 Å². The van der Waals surface area contributed by atoms with Crippen LogP contribution in [0.3, 0.4) is 0 Å². The average Bonchev–Trinajstić information content (AvgIpc) is 3.11. The molecule has 0 aromatic carbocycles. The quantitative estimate of drug-likeness (QED) is 0.418. The molecule has 1 fully saturated rings. The van der Waals surface area contributed by atoms with Crippen LogP contribution < -0.4 is 5.11 Å². The zero-order valence-corrected chi connectivity index (χ0v) is 23.4. The normalized spacial score (nSPS) is 30.6. The lowest BCUT2D eigenvalue weighted by atomic mass is 9.64. The van der Waals surface area contributed by atoms with Crippen LogP contribution >= 0.6 is 0 Å². The standard InChI is InChI=1S/C34H44O2/c1-17(2)23-11-9-19(5)29-25(15-23)21(7)13-27(29)31-33(35)32(34(31)36)28-14-22(8)26-16-24(18(3)4)12-10-20(6)30(26)28/h9,11,13-15,17-18,20,24,26,28,30,32,35H,10,12,16H2,1-8H3/p-1. The van der Waals surface area contributed by atoms with Gasteiger partial charge < -0.3 is 5.11 Å². The van der Waals surface area contributed by atoms with E-state index in [-0.39, 0.29) is 17.5 Å². The Bertz CT molecular complexity index is 1230. The topological polar surface area (TPSA) is 40.1 Å². The molecule has 2 heteroatoms. The van der Waals surface area contributed by atoms with Gasteiger partial charge >= 0.3 is 0 Å². The fraction of sp³-hybridized carbons (Fsp3) is 0.559. The smallest absolute Gasteiger partial charge is 0.169 e. The molecule has 5 aliphatic rings. The molecule has 0 radical (unpaired) electrons. The van der Waals surface area contributed by atoms with E-state index < -0.39 is 5.92 Å². The molecule has 0 aromatic heterocycles. The van der Waals surface area contributed by atoms with Crippen LogP contribution in [-0.4, -0.2) is 5.78 Å². The molecule has 6 atom stereocenters. The van der Waals surface area contributed by atoms with Crippen molar-refractivity contribution in [3.05, 3.63) is 63.9 Å². The van der Waals surface area contributed by atoms with Crippen LogP contribution in [0.5, 0.6) is 0 Å². The molecule has 0 amide bonds. The summed E-state index contributed by atoms with van der Waals surface area (Å²) >= 11 is 0. The van der Waals surface area contributed by atoms with Crippen molar-refractivity contribution < 1.29 is 9.90 Å². The number of hydrogen-bond acceptors (Lipinski definition) is 2. The highest BCUT2D eigenvalue weighted by atomic mass is 16.3. The summed E-state index contributed by atoms with van der Waals surface area (Å²) < 4.78 is 0. The first kappa shape index (κ1) is 25.3. The van der Waals surface area contributed by atoms with E-state index in [1.165, 1.54) is 36.0 Å². The predicted octanol–water partition coefficient (Wildman–Crippen LogP) is 7.70. The van der Waals surface area contributed by atoms with Crippen molar-refractivity contribution >= 4 is 11.4 Å². The summed E-state index contributed by atoms with van der Waals surface area (Å²) in [6, 6.07) is 8.68. The summed E-state index contributed by atoms with van der Waals surface area (Å²) in [7, 11) is 0. The van der Waals surface area contributed by atoms with E-state index in [4.69, 9.17) is 0 Å². The molecule has 0 N–H and O–H groups in total. The van der Waals surface area contributed by atoms with Gasteiger partial charge in [0.1, 0.15) is 0 Å². The molecule has 0 aromatic rings. The Hall–Kier alpha value is -2.35. The highest BCUT2D eigenvalue weighted by Crippen LogP contribution is 2.56. The predicted molar refractivity (Wildman–Crippen MR) is 148 cm³/mol. The van der Waals surface area contributed by atoms with Gasteiger partial charge in [0.05, 0.1) is 0 Å². The van der Waals surface area contributed by atoms with Crippen LogP contribution in [0.15, 0.2) is 41.7 Å². The molecule has 6 unspecified atom stereocenters. The second-order valence-corrected chi connectivity index (χ2v) is 12.9. The van der Waals surface area contributed by atoms with Gasteiger partial charge in [-0.3, -0.25) is 4.79 Å². The molecule has 0 saturated heterocycles. The molecule has 2 nitrogen and oxygen atoms in total. The largest absolute Gasteiger partial charge is 0.874 e. The number of fused-ring (bicyclic) bond motifs is 2. The minimum absolute atomic E-state index is 0.0618. The van der Waals surface area contributed by atoms with E-state index in [0.29, 0.717) is 35.2 Å². The molecular weight excluding hydrogens is 440 g/mol. The van der Waals surface area contributed by atoms with Crippen LogP contribution in [-0.2, 0) is 4.79 Å². The van der Waals surface area contributed by atoms with E-state index in [2.05, 4.69) is 85.7 Å². The lowest BCUT2D eigenvalue weighted by molar-refractivity contribution is -0.317. The maximum atomic E-state index is 13.8. The van der Waals surface area contributed by atoms with Crippen LogP contribution in [0.25, 0.3) is 16.7 Å². The first-order valence-electron chi connectivity index (χ1n) is 14.2. The summed E-state index contributed by atoms with van der Waals surface area (Å²) in [4.78, 5) is 13.8. The van der Waals surface area contributed by atoms with Gasteiger partial charge in [0, 0.05) is 11.5 Å². The monoisotopic (exact) mass is 483 g/mol. The molecule has 5 aliphatic carbocycles. The van der Waals surface area contributed by atoms with Gasteiger partial charge in [-0.15, -0.1) is 5.76 Å². The fourth-order valence-electron chi connectivity index (χ4n) is 7.75. The lowest BCUT2D eigenvalue weighted by Crippen LogP contribution is -2.44. The summed E-state index contributed by atoms with van der Waals surface area (Å²) in [5.74, 6) is 3.04. The maximum Gasteiger partial charge on any atom is 0.169 e. The molecule has 0 heterocycles. The van der Waals surface area contributed by atoms with Gasteiger partial charge in [-0.1, -0.05) is 77.0 Å². The molecule has 0 spiro atoms. The Labute approximate surface area is 218 Å². The second-order valence-electron chi connectivity index (χ2n) is 12.9. The van der Waals surface area contributed by atoms with Crippen molar-refractivity contribution in [2.45, 2.75) is 80.6 Å². The summed E-state index contributed by atoms with van der Waals surface area (Å²) in [6.45, 7) is 17.9. The minimum atomic E-state index is -0.489. The van der Waals surface area contributed by atoms with Crippen molar-refractivity contribution in [3.63, 3.8) is 0 Å². The number of aryl methyl sites for hydroxylation is 2. The number of hydrogen-bond donors (Lipinski definition) is 0. The second kappa shape index (κ2) is 9.19. The van der Waals surface area contributed by atoms with Crippen molar-refractivity contribution in [2.24, 2.45) is 41.4 Å². The molecule has 36 heavy (non-hydrogen) atoms. The molecule has 1 saturated carbocycles. The van der Waals surface area contributed by atoms with E-state index in [1.807, 2.05) is 0 Å². The van der Waals surface area contributed by atoms with Gasteiger partial charge in [-0.25, -0.2) is 0 Å². The molecule has 0 aliphatic heterocycles. The Morgan fingerprint density at radius 1 is 0.944 bits per heavy atom.